The maximum Gasteiger partial charge on any atom is 0.341 e. The van der Waals surface area contributed by atoms with Crippen LogP contribution in [0.2, 0.25) is 5.02 Å². The van der Waals surface area contributed by atoms with E-state index in [9.17, 15) is 23.4 Å². The molecule has 2 atom stereocenters. The monoisotopic (exact) mass is 555 g/mol. The minimum atomic E-state index is -3.77. The number of aliphatic hydroxyl groups excluding tert-OH is 2. The van der Waals surface area contributed by atoms with E-state index in [-0.39, 0.29) is 47.1 Å². The number of benzene rings is 3. The molecule has 0 aliphatic rings. The molecule has 0 radical (unpaired) electrons. The zero-order valence-electron chi connectivity index (χ0n) is 19.1. The fraction of sp³-hybridized carbons (Fsp3) is 0.240. The van der Waals surface area contributed by atoms with Gasteiger partial charge >= 0.3 is 5.97 Å². The molecule has 3 rings (SSSR count). The van der Waals surface area contributed by atoms with E-state index in [2.05, 4.69) is 5.32 Å². The van der Waals surface area contributed by atoms with Gasteiger partial charge in [-0.2, -0.15) is 0 Å². The molecule has 0 spiro atoms. The number of carboxylic acids is 1. The average molecular weight is 556 g/mol. The van der Waals surface area contributed by atoms with Gasteiger partial charge in [-0.1, -0.05) is 35.9 Å². The van der Waals surface area contributed by atoms with Crippen LogP contribution in [0, 0.1) is 0 Å². The first-order valence-corrected chi connectivity index (χ1v) is 12.6. The number of aliphatic hydroxyl groups is 2. The largest absolute Gasteiger partial charge is 0.482 e. The second-order valence-corrected chi connectivity index (χ2v) is 10.2. The van der Waals surface area contributed by atoms with Crippen LogP contribution in [0.4, 0.5) is 0 Å². The first-order chi connectivity index (χ1) is 16.7. The molecule has 0 fully saturated rings. The van der Waals surface area contributed by atoms with Crippen molar-refractivity contribution < 1.29 is 33.3 Å². The molecule has 0 bridgehead atoms. The molecule has 0 amide bonds. The molecule has 194 valence electrons. The van der Waals surface area contributed by atoms with Crippen molar-refractivity contribution in [2.75, 3.05) is 19.8 Å². The topological polar surface area (TPSA) is 133 Å². The van der Waals surface area contributed by atoms with Crippen LogP contribution < -0.4 is 10.1 Å². The highest BCUT2D eigenvalue weighted by atomic mass is 35.5. The van der Waals surface area contributed by atoms with Crippen molar-refractivity contribution in [2.45, 2.75) is 28.4 Å². The quantitative estimate of drug-likeness (QED) is 0.267. The minimum Gasteiger partial charge on any atom is -0.482 e. The van der Waals surface area contributed by atoms with E-state index in [0.29, 0.717) is 17.0 Å². The summed E-state index contributed by atoms with van der Waals surface area (Å²) >= 11 is 5.96. The van der Waals surface area contributed by atoms with Gasteiger partial charge < -0.3 is 25.4 Å². The molecule has 0 saturated heterocycles. The molecule has 0 aromatic heterocycles. The summed E-state index contributed by atoms with van der Waals surface area (Å²) in [6.45, 7) is -0.473. The Morgan fingerprint density at radius 2 is 1.61 bits per heavy atom. The van der Waals surface area contributed by atoms with Gasteiger partial charge in [0.25, 0.3) is 0 Å². The summed E-state index contributed by atoms with van der Waals surface area (Å²) in [4.78, 5) is 10.7. The van der Waals surface area contributed by atoms with Crippen molar-refractivity contribution in [3.63, 3.8) is 0 Å². The van der Waals surface area contributed by atoms with E-state index in [1.807, 2.05) is 0 Å². The van der Waals surface area contributed by atoms with Crippen LogP contribution in [0.3, 0.4) is 0 Å². The number of aliphatic carboxylic acids is 1. The molecule has 0 aliphatic carbocycles. The van der Waals surface area contributed by atoms with E-state index in [4.69, 9.17) is 21.4 Å². The van der Waals surface area contributed by atoms with E-state index in [1.54, 1.807) is 36.4 Å². The Morgan fingerprint density at radius 3 is 2.17 bits per heavy atom. The van der Waals surface area contributed by atoms with Crippen molar-refractivity contribution in [3.8, 4) is 5.75 Å². The second-order valence-electron chi connectivity index (χ2n) is 7.86. The van der Waals surface area contributed by atoms with Crippen LogP contribution in [0.15, 0.2) is 82.6 Å². The zero-order chi connectivity index (χ0) is 25.4. The number of rotatable bonds is 12. The molecule has 0 aliphatic heterocycles. The highest BCUT2D eigenvalue weighted by Gasteiger charge is 2.19. The van der Waals surface area contributed by atoms with Crippen LogP contribution in [0.25, 0.3) is 0 Å². The first-order valence-electron chi connectivity index (χ1n) is 10.8. The SMILES string of the molecule is Cl.O=C(O)COc1ccc(S(=O)(=O)c2ccc(C[C@@H](CO)NC[C@H](O)c3cccc(Cl)c3)cc2)cc1. The van der Waals surface area contributed by atoms with Crippen LogP contribution in [0.5, 0.6) is 5.75 Å². The van der Waals surface area contributed by atoms with Gasteiger partial charge in [0.05, 0.1) is 22.5 Å². The standard InChI is InChI=1S/C25H26ClNO7S.ClH/c26-19-3-1-2-18(13-19)24(29)14-27-20(15-28)12-17-4-8-22(9-5-17)35(32,33)23-10-6-21(7-11-23)34-16-25(30)31;/h1-11,13,20,24,27-29H,12,14-16H2,(H,30,31);1H/t20-,24-;/m0./s1. The summed E-state index contributed by atoms with van der Waals surface area (Å²) in [5.74, 6) is -0.873. The molecule has 0 unspecified atom stereocenters. The third kappa shape index (κ3) is 8.19. The van der Waals surface area contributed by atoms with Crippen LogP contribution >= 0.6 is 24.0 Å². The van der Waals surface area contributed by atoms with Crippen molar-refractivity contribution in [1.29, 1.82) is 0 Å². The number of sulfone groups is 1. The molecule has 4 N–H and O–H groups in total. The number of nitrogens with one attached hydrogen (secondary N) is 1. The Labute approximate surface area is 220 Å². The van der Waals surface area contributed by atoms with E-state index in [0.717, 1.165) is 5.56 Å². The normalized spacial score (nSPS) is 12.9. The van der Waals surface area contributed by atoms with Gasteiger partial charge in [-0.15, -0.1) is 12.4 Å². The highest BCUT2D eigenvalue weighted by molar-refractivity contribution is 7.91. The Balaban J connectivity index is 0.00000456. The second kappa shape index (κ2) is 13.6. The van der Waals surface area contributed by atoms with Gasteiger partial charge in [0.1, 0.15) is 5.75 Å². The maximum atomic E-state index is 12.9. The Morgan fingerprint density at radius 1 is 1.00 bits per heavy atom. The van der Waals surface area contributed by atoms with Crippen molar-refractivity contribution in [1.82, 2.24) is 5.32 Å². The van der Waals surface area contributed by atoms with Crippen molar-refractivity contribution in [3.05, 3.63) is 88.9 Å². The Kier molecular flexibility index (Phi) is 11.2. The molecule has 3 aromatic rings. The van der Waals surface area contributed by atoms with Crippen LogP contribution in [-0.2, 0) is 21.1 Å². The molecule has 8 nitrogen and oxygen atoms in total. The Hall–Kier alpha value is -2.66. The third-order valence-corrected chi connectivity index (χ3v) is 7.29. The van der Waals surface area contributed by atoms with Gasteiger partial charge in [0, 0.05) is 17.6 Å². The molecule has 0 heterocycles. The lowest BCUT2D eigenvalue weighted by molar-refractivity contribution is -0.139. The number of ether oxygens (including phenoxy) is 1. The smallest absolute Gasteiger partial charge is 0.341 e. The maximum absolute atomic E-state index is 12.9. The predicted molar refractivity (Wildman–Crippen MR) is 138 cm³/mol. The Bertz CT molecular complexity index is 1240. The van der Waals surface area contributed by atoms with E-state index < -0.39 is 28.5 Å². The highest BCUT2D eigenvalue weighted by Crippen LogP contribution is 2.24. The fourth-order valence-electron chi connectivity index (χ4n) is 3.40. The number of carbonyl (C=O) groups is 1. The zero-order valence-corrected chi connectivity index (χ0v) is 21.5. The number of hydrogen-bond acceptors (Lipinski definition) is 7. The van der Waals surface area contributed by atoms with Crippen LogP contribution in [-0.4, -0.2) is 55.5 Å². The molecular formula is C25H27Cl2NO7S. The van der Waals surface area contributed by atoms with Gasteiger partial charge in [0.2, 0.25) is 9.84 Å². The third-order valence-electron chi connectivity index (χ3n) is 5.27. The summed E-state index contributed by atoms with van der Waals surface area (Å²) in [6, 6.07) is 18.4. The number of carboxylic acid groups (broad SMARTS) is 1. The lowest BCUT2D eigenvalue weighted by Gasteiger charge is -2.19. The average Bonchev–Trinajstić information content (AvgIpc) is 2.85. The summed E-state index contributed by atoms with van der Waals surface area (Å²) < 4.78 is 30.9. The van der Waals surface area contributed by atoms with Crippen molar-refractivity contribution >= 4 is 39.8 Å². The number of hydrogen-bond donors (Lipinski definition) is 4. The lowest BCUT2D eigenvalue weighted by atomic mass is 10.1. The summed E-state index contributed by atoms with van der Waals surface area (Å²) in [5, 5.41) is 32.4. The summed E-state index contributed by atoms with van der Waals surface area (Å²) in [7, 11) is -3.77. The van der Waals surface area contributed by atoms with E-state index in [1.165, 1.54) is 36.4 Å². The first kappa shape index (κ1) is 29.6. The van der Waals surface area contributed by atoms with Gasteiger partial charge in [-0.3, -0.25) is 0 Å². The molecular weight excluding hydrogens is 529 g/mol. The van der Waals surface area contributed by atoms with E-state index >= 15 is 0 Å². The lowest BCUT2D eigenvalue weighted by Crippen LogP contribution is -2.37. The predicted octanol–water partition coefficient (Wildman–Crippen LogP) is 3.28. The molecule has 11 heteroatoms. The van der Waals surface area contributed by atoms with Crippen LogP contribution in [0.1, 0.15) is 17.2 Å². The minimum absolute atomic E-state index is 0. The fourth-order valence-corrected chi connectivity index (χ4v) is 4.86. The summed E-state index contributed by atoms with van der Waals surface area (Å²) in [6.07, 6.45) is -0.370. The molecule has 0 saturated carbocycles. The number of halogens is 2. The molecule has 3 aromatic carbocycles. The van der Waals surface area contributed by atoms with Gasteiger partial charge in [-0.25, -0.2) is 13.2 Å². The van der Waals surface area contributed by atoms with Gasteiger partial charge in [0.15, 0.2) is 6.61 Å². The molecule has 36 heavy (non-hydrogen) atoms. The summed E-state index contributed by atoms with van der Waals surface area (Å²) in [5.41, 5.74) is 1.47. The van der Waals surface area contributed by atoms with Gasteiger partial charge in [-0.05, 0) is 66.1 Å². The van der Waals surface area contributed by atoms with Crippen molar-refractivity contribution in [2.24, 2.45) is 0 Å².